The number of thiophene rings is 1. The third kappa shape index (κ3) is 5.82. The maximum atomic E-state index is 4.51. The summed E-state index contributed by atoms with van der Waals surface area (Å²) in [7, 11) is 0. The average molecular weight is 724 g/mol. The molecule has 11 aromatic rings. The Morgan fingerprint density at radius 2 is 0.927 bits per heavy atom. The van der Waals surface area contributed by atoms with Gasteiger partial charge in [0.15, 0.2) is 0 Å². The van der Waals surface area contributed by atoms with Crippen molar-refractivity contribution in [3.8, 4) is 44.5 Å². The monoisotopic (exact) mass is 723 g/mol. The molecule has 0 atom stereocenters. The minimum atomic E-state index is 1.02. The molecule has 0 amide bonds. The summed E-state index contributed by atoms with van der Waals surface area (Å²) in [5.41, 5.74) is 10.9. The molecule has 2 heteroatoms. The van der Waals surface area contributed by atoms with Crippen LogP contribution < -0.4 is 0 Å². The predicted molar refractivity (Wildman–Crippen MR) is 243 cm³/mol. The average Bonchev–Trinajstić information content (AvgIpc) is 3.66. The van der Waals surface area contributed by atoms with Gasteiger partial charge in [-0.3, -0.25) is 4.98 Å². The summed E-state index contributed by atoms with van der Waals surface area (Å²) in [5, 5.41) is 11.6. The Morgan fingerprint density at radius 3 is 1.62 bits per heavy atom. The Labute approximate surface area is 326 Å². The molecule has 0 N–H and O–H groups in total. The maximum Gasteiger partial charge on any atom is 0.0702 e. The van der Waals surface area contributed by atoms with Crippen LogP contribution in [0.1, 0.15) is 27.7 Å². The predicted octanol–water partition coefficient (Wildman–Crippen LogP) is 16.2. The standard InChI is InChI=1S/C49H29NS.2C2H6/c1-2-12-46-39(9-1)42-11-4-10-38(49(42)51-46)31-17-19-33(20-18-31)44-29-43(40-24-21-34-6-3-7-35-22-25-41(44)48(40)47(34)35)32-15-13-30(14-16-32)36-23-26-45-37(28-36)8-5-27-50-45;2*1-2/h1-29H;2*1-2H3. The molecule has 0 aliphatic carbocycles. The molecule has 2 aromatic heterocycles. The summed E-state index contributed by atoms with van der Waals surface area (Å²) in [4.78, 5) is 4.51. The number of hydrogen-bond donors (Lipinski definition) is 0. The highest BCUT2D eigenvalue weighted by Crippen LogP contribution is 2.45. The van der Waals surface area contributed by atoms with Crippen LogP contribution in [-0.4, -0.2) is 4.98 Å². The summed E-state index contributed by atoms with van der Waals surface area (Å²) in [6.45, 7) is 8.00. The molecule has 2 heterocycles. The second-order valence-electron chi connectivity index (χ2n) is 13.5. The van der Waals surface area contributed by atoms with Gasteiger partial charge in [-0.1, -0.05) is 167 Å². The Hall–Kier alpha value is -6.35. The molecule has 0 saturated heterocycles. The zero-order chi connectivity index (χ0) is 37.5. The van der Waals surface area contributed by atoms with Gasteiger partial charge in [0.25, 0.3) is 0 Å². The van der Waals surface area contributed by atoms with Crippen molar-refractivity contribution in [2.24, 2.45) is 0 Å². The van der Waals surface area contributed by atoms with Gasteiger partial charge in [0, 0.05) is 31.8 Å². The van der Waals surface area contributed by atoms with Gasteiger partial charge in [0.05, 0.1) is 5.52 Å². The van der Waals surface area contributed by atoms with Gasteiger partial charge in [-0.05, 0) is 107 Å². The first-order chi connectivity index (χ1) is 27.3. The number of benzene rings is 9. The van der Waals surface area contributed by atoms with Crippen molar-refractivity contribution in [2.75, 3.05) is 0 Å². The largest absolute Gasteiger partial charge is 0.256 e. The minimum Gasteiger partial charge on any atom is -0.256 e. The fourth-order valence-electron chi connectivity index (χ4n) is 8.21. The zero-order valence-corrected chi connectivity index (χ0v) is 32.4. The van der Waals surface area contributed by atoms with Crippen LogP contribution in [0.3, 0.4) is 0 Å². The molecular weight excluding hydrogens is 683 g/mol. The van der Waals surface area contributed by atoms with Crippen LogP contribution in [0.4, 0.5) is 0 Å². The molecule has 0 aliphatic rings. The van der Waals surface area contributed by atoms with E-state index >= 15 is 0 Å². The third-order valence-corrected chi connectivity index (χ3v) is 11.9. The minimum absolute atomic E-state index is 1.02. The fourth-order valence-corrected chi connectivity index (χ4v) is 9.45. The SMILES string of the molecule is CC.CC.c1cnc2ccc(-c3ccc(-c4cc(-c5ccc(-c6cccc7c6sc6ccccc67)cc5)c5ccc6cccc7ccc4c5c76)cc3)cc2c1. The Bertz CT molecular complexity index is 3100. The van der Waals surface area contributed by atoms with E-state index in [1.54, 1.807) is 0 Å². The third-order valence-electron chi connectivity index (χ3n) is 10.7. The van der Waals surface area contributed by atoms with Crippen molar-refractivity contribution in [2.45, 2.75) is 27.7 Å². The van der Waals surface area contributed by atoms with E-state index in [0.717, 1.165) is 10.9 Å². The second kappa shape index (κ2) is 14.5. The van der Waals surface area contributed by atoms with Crippen molar-refractivity contribution in [3.63, 3.8) is 0 Å². The van der Waals surface area contributed by atoms with Crippen LogP contribution in [0, 0.1) is 0 Å². The van der Waals surface area contributed by atoms with E-state index in [1.165, 1.54) is 97.0 Å². The van der Waals surface area contributed by atoms with Gasteiger partial charge in [-0.15, -0.1) is 11.3 Å². The van der Waals surface area contributed by atoms with Crippen LogP contribution in [0.15, 0.2) is 176 Å². The molecular formula is C53H41NS. The number of rotatable bonds is 4. The van der Waals surface area contributed by atoms with E-state index in [0.29, 0.717) is 0 Å². The quantitative estimate of drug-likeness (QED) is 0.165. The first-order valence-electron chi connectivity index (χ1n) is 19.4. The van der Waals surface area contributed by atoms with Gasteiger partial charge in [-0.25, -0.2) is 0 Å². The van der Waals surface area contributed by atoms with E-state index in [4.69, 9.17) is 0 Å². The molecule has 264 valence electrons. The summed E-state index contributed by atoms with van der Waals surface area (Å²) >= 11 is 1.89. The lowest BCUT2D eigenvalue weighted by atomic mass is 9.85. The Kier molecular flexibility index (Phi) is 9.06. The molecule has 0 aliphatic heterocycles. The first-order valence-corrected chi connectivity index (χ1v) is 20.3. The van der Waals surface area contributed by atoms with Crippen molar-refractivity contribution in [3.05, 3.63) is 176 Å². The van der Waals surface area contributed by atoms with Crippen LogP contribution in [-0.2, 0) is 0 Å². The molecule has 0 bridgehead atoms. The van der Waals surface area contributed by atoms with Crippen LogP contribution in [0.2, 0.25) is 0 Å². The maximum absolute atomic E-state index is 4.51. The van der Waals surface area contributed by atoms with Crippen LogP contribution in [0.5, 0.6) is 0 Å². The number of fused-ring (bicyclic) bond motifs is 4. The normalized spacial score (nSPS) is 11.3. The number of aromatic nitrogens is 1. The summed E-state index contributed by atoms with van der Waals surface area (Å²) in [6, 6.07) is 62.7. The van der Waals surface area contributed by atoms with Crippen molar-refractivity contribution >= 4 is 74.7 Å². The molecule has 9 aromatic carbocycles. The number of nitrogens with zero attached hydrogens (tertiary/aromatic N) is 1. The Balaban J connectivity index is 0.000000963. The van der Waals surface area contributed by atoms with Gasteiger partial charge >= 0.3 is 0 Å². The van der Waals surface area contributed by atoms with E-state index in [1.807, 2.05) is 51.3 Å². The first kappa shape index (κ1) is 34.4. The Morgan fingerprint density at radius 1 is 0.364 bits per heavy atom. The van der Waals surface area contributed by atoms with Crippen molar-refractivity contribution < 1.29 is 0 Å². The van der Waals surface area contributed by atoms with Crippen molar-refractivity contribution in [1.82, 2.24) is 4.98 Å². The van der Waals surface area contributed by atoms with E-state index in [-0.39, 0.29) is 0 Å². The molecule has 0 fully saturated rings. The molecule has 0 radical (unpaired) electrons. The van der Waals surface area contributed by atoms with Gasteiger partial charge in [0.2, 0.25) is 0 Å². The molecule has 11 rings (SSSR count). The second-order valence-corrected chi connectivity index (χ2v) is 14.6. The van der Waals surface area contributed by atoms with Gasteiger partial charge in [-0.2, -0.15) is 0 Å². The lowest BCUT2D eigenvalue weighted by Gasteiger charge is -2.18. The molecule has 0 spiro atoms. The van der Waals surface area contributed by atoms with Crippen molar-refractivity contribution in [1.29, 1.82) is 0 Å². The van der Waals surface area contributed by atoms with Gasteiger partial charge < -0.3 is 0 Å². The number of pyridine rings is 1. The smallest absolute Gasteiger partial charge is 0.0702 e. The van der Waals surface area contributed by atoms with E-state index < -0.39 is 0 Å². The highest BCUT2D eigenvalue weighted by atomic mass is 32.1. The van der Waals surface area contributed by atoms with E-state index in [2.05, 4.69) is 169 Å². The van der Waals surface area contributed by atoms with E-state index in [9.17, 15) is 0 Å². The summed E-state index contributed by atoms with van der Waals surface area (Å²) in [6.07, 6.45) is 1.85. The highest BCUT2D eigenvalue weighted by Gasteiger charge is 2.17. The summed E-state index contributed by atoms with van der Waals surface area (Å²) in [5.74, 6) is 0. The molecule has 1 nitrogen and oxygen atoms in total. The molecule has 0 saturated carbocycles. The van der Waals surface area contributed by atoms with Crippen LogP contribution in [0.25, 0.3) is 108 Å². The molecule has 55 heavy (non-hydrogen) atoms. The molecule has 0 unspecified atom stereocenters. The fraction of sp³-hybridized carbons (Fsp3) is 0.0755. The van der Waals surface area contributed by atoms with Gasteiger partial charge in [0.1, 0.15) is 0 Å². The number of hydrogen-bond acceptors (Lipinski definition) is 2. The zero-order valence-electron chi connectivity index (χ0n) is 31.6. The highest BCUT2D eigenvalue weighted by molar-refractivity contribution is 7.26. The summed E-state index contributed by atoms with van der Waals surface area (Å²) < 4.78 is 2.68. The topological polar surface area (TPSA) is 12.9 Å². The lowest BCUT2D eigenvalue weighted by molar-refractivity contribution is 1.41. The lowest BCUT2D eigenvalue weighted by Crippen LogP contribution is -1.91. The van der Waals surface area contributed by atoms with Crippen LogP contribution >= 0.6 is 11.3 Å².